The predicted molar refractivity (Wildman–Crippen MR) is 27.7 cm³/mol. The van der Waals surface area contributed by atoms with E-state index < -0.39 is 8.41 Å². The minimum atomic E-state index is -0.674. The summed E-state index contributed by atoms with van der Waals surface area (Å²) < 4.78 is 0. The van der Waals surface area contributed by atoms with E-state index in [0.717, 1.165) is 5.91 Å². The van der Waals surface area contributed by atoms with Gasteiger partial charge < -0.3 is 4.79 Å². The van der Waals surface area contributed by atoms with Crippen molar-refractivity contribution in [3.05, 3.63) is 11.8 Å². The molecule has 0 aliphatic carbocycles. The SMILES string of the molecule is O=C[Si]1=CC=C1. The summed E-state index contributed by atoms with van der Waals surface area (Å²) in [5.74, 6) is 1.02. The normalized spacial score (nSPS) is 15.7. The molecule has 0 fully saturated rings. The van der Waals surface area contributed by atoms with Crippen molar-refractivity contribution in [2.24, 2.45) is 0 Å². The third-order valence-electron chi connectivity index (χ3n) is 0.713. The van der Waals surface area contributed by atoms with Gasteiger partial charge in [0.1, 0.15) is 14.3 Å². The minimum Gasteiger partial charge on any atom is -0.304 e. The van der Waals surface area contributed by atoms with Crippen molar-refractivity contribution in [1.82, 2.24) is 0 Å². The number of hydrogen-bond donors (Lipinski definition) is 0. The van der Waals surface area contributed by atoms with E-state index in [2.05, 4.69) is 0 Å². The number of rotatable bonds is 1. The molecule has 2 heteroatoms. The highest BCUT2D eigenvalue weighted by molar-refractivity contribution is 6.95. The second-order valence-electron chi connectivity index (χ2n) is 1.14. The summed E-state index contributed by atoms with van der Waals surface area (Å²) in [5.41, 5.74) is 3.91. The second-order valence-corrected chi connectivity index (χ2v) is 3.05. The highest BCUT2D eigenvalue weighted by Gasteiger charge is 1.92. The Morgan fingerprint density at radius 3 is 2.33 bits per heavy atom. The molecule has 1 aliphatic heterocycles. The summed E-state index contributed by atoms with van der Waals surface area (Å²) >= 11 is 0. The molecule has 6 heavy (non-hydrogen) atoms. The molecule has 1 rings (SSSR count). The van der Waals surface area contributed by atoms with E-state index in [9.17, 15) is 4.79 Å². The van der Waals surface area contributed by atoms with Crippen molar-refractivity contribution in [1.29, 1.82) is 0 Å². The molecule has 0 spiro atoms. The van der Waals surface area contributed by atoms with Crippen LogP contribution in [-0.2, 0) is 4.79 Å². The molecular weight excluding hydrogens is 92.1 g/mol. The molecule has 0 bridgehead atoms. The average molecular weight is 96.2 g/mol. The number of carbonyl (C=O) groups is 1. The van der Waals surface area contributed by atoms with Gasteiger partial charge in [0.25, 0.3) is 0 Å². The summed E-state index contributed by atoms with van der Waals surface area (Å²) in [4.78, 5) is 9.75. The molecule has 0 aromatic heterocycles. The molecule has 0 unspecified atom stereocenters. The molecule has 0 radical (unpaired) electrons. The number of allylic oxidation sites excluding steroid dienone is 1. The molecule has 0 amide bonds. The Morgan fingerprint density at radius 2 is 2.33 bits per heavy atom. The van der Waals surface area contributed by atoms with Crippen LogP contribution in [0.5, 0.6) is 0 Å². The maximum Gasteiger partial charge on any atom is 0.122 e. The topological polar surface area (TPSA) is 17.1 Å². The van der Waals surface area contributed by atoms with Crippen LogP contribution < -0.4 is 0 Å². The first kappa shape index (κ1) is 3.68. The summed E-state index contributed by atoms with van der Waals surface area (Å²) in [6.45, 7) is 0. The lowest BCUT2D eigenvalue weighted by molar-refractivity contribution is 0.568. The van der Waals surface area contributed by atoms with Crippen molar-refractivity contribution >= 4 is 20.0 Å². The van der Waals surface area contributed by atoms with Gasteiger partial charge in [-0.3, -0.25) is 0 Å². The maximum atomic E-state index is 9.75. The molecule has 0 aromatic carbocycles. The van der Waals surface area contributed by atoms with Crippen LogP contribution in [0.1, 0.15) is 0 Å². The van der Waals surface area contributed by atoms with Gasteiger partial charge in [-0.1, -0.05) is 17.4 Å². The van der Waals surface area contributed by atoms with Gasteiger partial charge in [0, 0.05) is 0 Å². The van der Waals surface area contributed by atoms with Crippen LogP contribution in [0.4, 0.5) is 0 Å². The lowest BCUT2D eigenvalue weighted by Gasteiger charge is -1.89. The van der Waals surface area contributed by atoms with E-state index in [1.165, 1.54) is 0 Å². The van der Waals surface area contributed by atoms with E-state index >= 15 is 0 Å². The fraction of sp³-hybridized carbons (Fsp3) is 0. The fourth-order valence-electron chi connectivity index (χ4n) is 0.286. The Hall–Kier alpha value is -0.503. The zero-order chi connectivity index (χ0) is 4.41. The monoisotopic (exact) mass is 96.0 g/mol. The Kier molecular flexibility index (Phi) is 0.799. The largest absolute Gasteiger partial charge is 0.304 e. The van der Waals surface area contributed by atoms with Crippen LogP contribution in [0, 0.1) is 0 Å². The first-order valence-corrected chi connectivity index (χ1v) is 3.50. The van der Waals surface area contributed by atoms with E-state index in [4.69, 9.17) is 0 Å². The van der Waals surface area contributed by atoms with Crippen molar-refractivity contribution in [2.45, 2.75) is 0 Å². The van der Waals surface area contributed by atoms with Crippen molar-refractivity contribution in [2.75, 3.05) is 0 Å². The van der Waals surface area contributed by atoms with Crippen LogP contribution in [-0.4, -0.2) is 20.0 Å². The molecule has 30 valence electrons. The molecule has 1 aliphatic rings. The Balaban J connectivity index is 2.57. The van der Waals surface area contributed by atoms with E-state index in [-0.39, 0.29) is 0 Å². The zero-order valence-electron chi connectivity index (χ0n) is 3.22. The van der Waals surface area contributed by atoms with Gasteiger partial charge >= 0.3 is 0 Å². The van der Waals surface area contributed by atoms with Gasteiger partial charge in [-0.15, -0.1) is 0 Å². The van der Waals surface area contributed by atoms with E-state index in [1.54, 1.807) is 0 Å². The van der Waals surface area contributed by atoms with Gasteiger partial charge in [0.05, 0.1) is 0 Å². The summed E-state index contributed by atoms with van der Waals surface area (Å²) in [5, 5.41) is 0. The molecule has 1 nitrogen and oxygen atoms in total. The van der Waals surface area contributed by atoms with Crippen LogP contribution in [0.2, 0.25) is 0 Å². The van der Waals surface area contributed by atoms with Crippen LogP contribution in [0.15, 0.2) is 11.8 Å². The second kappa shape index (κ2) is 1.30. The minimum absolute atomic E-state index is 0.674. The van der Waals surface area contributed by atoms with Crippen molar-refractivity contribution < 1.29 is 4.79 Å². The molecule has 0 aromatic rings. The highest BCUT2D eigenvalue weighted by Crippen LogP contribution is 1.78. The molecule has 0 atom stereocenters. The quantitative estimate of drug-likeness (QED) is 0.325. The smallest absolute Gasteiger partial charge is 0.122 e. The first-order valence-electron chi connectivity index (χ1n) is 1.77. The molecule has 0 saturated carbocycles. The van der Waals surface area contributed by atoms with Gasteiger partial charge in [-0.2, -0.15) is 0 Å². The van der Waals surface area contributed by atoms with Gasteiger partial charge in [-0.05, 0) is 0 Å². The van der Waals surface area contributed by atoms with E-state index in [1.807, 2.05) is 17.4 Å². The summed E-state index contributed by atoms with van der Waals surface area (Å²) in [7, 11) is -0.674. The number of hydrogen-bond acceptors (Lipinski definition) is 1. The van der Waals surface area contributed by atoms with Crippen LogP contribution in [0.3, 0.4) is 0 Å². The van der Waals surface area contributed by atoms with Gasteiger partial charge in [-0.25, -0.2) is 0 Å². The maximum absolute atomic E-state index is 9.75. The third-order valence-corrected chi connectivity index (χ3v) is 2.14. The Labute approximate surface area is 37.5 Å². The predicted octanol–water partition coefficient (Wildman–Crippen LogP) is -0.254. The summed E-state index contributed by atoms with van der Waals surface area (Å²) in [6, 6.07) is 0. The van der Waals surface area contributed by atoms with Crippen LogP contribution >= 0.6 is 0 Å². The average Bonchev–Trinajstić information content (AvgIpc) is 1.31. The molecule has 0 saturated heterocycles. The lowest BCUT2D eigenvalue weighted by atomic mass is 10.7. The Bertz CT molecular complexity index is 120. The van der Waals surface area contributed by atoms with Gasteiger partial charge in [0.2, 0.25) is 0 Å². The lowest BCUT2D eigenvalue weighted by Crippen LogP contribution is -2.09. The fourth-order valence-corrected chi connectivity index (χ4v) is 0.858. The molecule has 1 heterocycles. The van der Waals surface area contributed by atoms with Gasteiger partial charge in [0.15, 0.2) is 0 Å². The van der Waals surface area contributed by atoms with E-state index in [0.29, 0.717) is 0 Å². The third kappa shape index (κ3) is 0.388. The van der Waals surface area contributed by atoms with Crippen molar-refractivity contribution in [3.63, 3.8) is 0 Å². The first-order chi connectivity index (χ1) is 2.93. The standard InChI is InChI=1S/C4H4OSi/c5-4-6-2-1-3-6/h1-4H. The van der Waals surface area contributed by atoms with Crippen molar-refractivity contribution in [3.8, 4) is 0 Å². The van der Waals surface area contributed by atoms with Crippen LogP contribution in [0.25, 0.3) is 0 Å². The summed E-state index contributed by atoms with van der Waals surface area (Å²) in [6.07, 6.45) is 1.92. The molecular formula is C4H4OSi. The number of carbonyl (C=O) groups excluding carboxylic acids is 1. The molecule has 0 N–H and O–H groups in total. The Morgan fingerprint density at radius 1 is 1.67 bits per heavy atom. The highest BCUT2D eigenvalue weighted by atomic mass is 28.2. The zero-order valence-corrected chi connectivity index (χ0v) is 4.22.